The SMILES string of the molecule is CC(CCOc1ccc2nc(C(F)(F)F)c3c(c2c1)CCC1(CC2C(=O)NC4(C(=O)NS(=O)(=O)C5(C)CC5)CCC4C=CCCCCCC(NC(=O)OC(C)(C)C)C(=O)N2C1)O3)N1CCOCC1. The Morgan fingerprint density at radius 1 is 1.04 bits per heavy atom. The van der Waals surface area contributed by atoms with Gasteiger partial charge in [0.05, 0.1) is 36.6 Å². The number of carbonyl (C=O) groups excluding carboxylic acids is 4. The number of ether oxygens (including phenoxy) is 4. The summed E-state index contributed by atoms with van der Waals surface area (Å²) in [5.41, 5.74) is -5.07. The number of fused-ring (bicyclic) bond motifs is 5. The smallest absolute Gasteiger partial charge is 0.437 e. The molecule has 374 valence electrons. The molecule has 3 N–H and O–H groups in total. The normalized spacial score (nSPS) is 28.4. The Morgan fingerprint density at radius 2 is 1.79 bits per heavy atom. The summed E-state index contributed by atoms with van der Waals surface area (Å²) >= 11 is 0. The lowest BCUT2D eigenvalue weighted by molar-refractivity contribution is -0.145. The highest BCUT2D eigenvalue weighted by Crippen LogP contribution is 2.50. The Labute approximate surface area is 395 Å². The zero-order valence-corrected chi connectivity index (χ0v) is 40.4. The molecule has 5 heterocycles. The minimum atomic E-state index is -4.95. The van der Waals surface area contributed by atoms with Gasteiger partial charge in [0.1, 0.15) is 34.6 Å². The first-order valence-corrected chi connectivity index (χ1v) is 25.5. The van der Waals surface area contributed by atoms with Crippen LogP contribution in [-0.2, 0) is 46.5 Å². The van der Waals surface area contributed by atoms with Gasteiger partial charge < -0.3 is 34.5 Å². The third-order valence-corrected chi connectivity index (χ3v) is 16.8. The van der Waals surface area contributed by atoms with Gasteiger partial charge in [-0.05, 0) is 117 Å². The van der Waals surface area contributed by atoms with E-state index < -0.39 is 90.9 Å². The summed E-state index contributed by atoms with van der Waals surface area (Å²) in [5.74, 6) is -3.03. The van der Waals surface area contributed by atoms with Crippen LogP contribution in [0.25, 0.3) is 10.9 Å². The van der Waals surface area contributed by atoms with Crippen LogP contribution >= 0.6 is 0 Å². The van der Waals surface area contributed by atoms with Crippen molar-refractivity contribution in [2.75, 3.05) is 39.5 Å². The summed E-state index contributed by atoms with van der Waals surface area (Å²) in [5, 5.41) is 5.99. The number of aryl methyl sites for hydroxylation is 1. The molecule has 20 heteroatoms. The van der Waals surface area contributed by atoms with E-state index in [2.05, 4.69) is 32.2 Å². The van der Waals surface area contributed by atoms with E-state index in [1.54, 1.807) is 39.8 Å². The van der Waals surface area contributed by atoms with Crippen molar-refractivity contribution < 1.29 is 59.7 Å². The molecule has 1 aromatic heterocycles. The van der Waals surface area contributed by atoms with Gasteiger partial charge in [0.2, 0.25) is 21.8 Å². The number of pyridine rings is 1. The molecule has 0 radical (unpaired) electrons. The second kappa shape index (κ2) is 18.9. The number of nitrogens with zero attached hydrogens (tertiary/aromatic N) is 3. The number of alkyl halides is 3. The van der Waals surface area contributed by atoms with Gasteiger partial charge >= 0.3 is 12.3 Å². The number of rotatable bonds is 9. The van der Waals surface area contributed by atoms with Crippen LogP contribution in [-0.4, -0.2) is 126 Å². The van der Waals surface area contributed by atoms with Crippen LogP contribution in [0.15, 0.2) is 30.4 Å². The molecule has 4 aliphatic heterocycles. The number of carbonyl (C=O) groups is 4. The van der Waals surface area contributed by atoms with E-state index in [1.807, 2.05) is 12.2 Å². The molecule has 8 rings (SSSR count). The second-order valence-electron chi connectivity index (χ2n) is 20.8. The van der Waals surface area contributed by atoms with Gasteiger partial charge in [0, 0.05) is 42.4 Å². The molecule has 0 bridgehead atoms. The molecule has 2 aliphatic carbocycles. The molecule has 4 fully saturated rings. The molecular weight excluding hydrogens is 910 g/mol. The predicted octanol–water partition coefficient (Wildman–Crippen LogP) is 6.09. The molecule has 2 saturated carbocycles. The third kappa shape index (κ3) is 10.4. The quantitative estimate of drug-likeness (QED) is 0.246. The third-order valence-electron chi connectivity index (χ3n) is 14.7. The van der Waals surface area contributed by atoms with Crippen molar-refractivity contribution in [2.45, 2.75) is 164 Å². The number of sulfonamides is 1. The number of allylic oxidation sites excluding steroid dienone is 1. The zero-order valence-electron chi connectivity index (χ0n) is 39.6. The van der Waals surface area contributed by atoms with Gasteiger partial charge in [-0.2, -0.15) is 13.2 Å². The molecule has 68 heavy (non-hydrogen) atoms. The lowest BCUT2D eigenvalue weighted by atomic mass is 9.65. The molecule has 2 aromatic rings. The van der Waals surface area contributed by atoms with Crippen LogP contribution < -0.4 is 24.8 Å². The Kier molecular flexibility index (Phi) is 13.8. The first kappa shape index (κ1) is 49.7. The van der Waals surface area contributed by atoms with Crippen molar-refractivity contribution in [3.63, 3.8) is 0 Å². The second-order valence-corrected chi connectivity index (χ2v) is 23.0. The summed E-state index contributed by atoms with van der Waals surface area (Å²) < 4.78 is 96.9. The molecule has 1 aromatic carbocycles. The highest BCUT2D eigenvalue weighted by molar-refractivity contribution is 7.91. The highest BCUT2D eigenvalue weighted by Gasteiger charge is 2.60. The molecule has 2 saturated heterocycles. The monoisotopic (exact) mass is 974 g/mol. The molecule has 16 nitrogen and oxygen atoms in total. The standard InChI is InChI=1S/C48H65F3N6O10S/c1-30(56-22-25-64-26-23-56)17-24-65-32-13-14-35-34(27-32)33-16-18-46(66-38(33)39(52-35)48(49,50)51)28-37-40(58)54-47(42(60)55-68(62,63)45(5)20-21-45)19-15-31(47)11-9-7-6-8-10-12-36(41(59)57(37)29-46)53-43(61)67-44(2,3)4/h9,11,13-14,27,30-31,36-37H,6-8,10,12,15-26,28-29H2,1-5H3,(H,53,61)(H,54,58)(H,55,60). The van der Waals surface area contributed by atoms with E-state index >= 15 is 13.2 Å². The number of morpholine rings is 1. The summed E-state index contributed by atoms with van der Waals surface area (Å²) in [7, 11) is -4.13. The predicted molar refractivity (Wildman–Crippen MR) is 244 cm³/mol. The van der Waals surface area contributed by atoms with E-state index in [0.29, 0.717) is 82.3 Å². The van der Waals surface area contributed by atoms with Crippen molar-refractivity contribution in [3.05, 3.63) is 41.6 Å². The van der Waals surface area contributed by atoms with Gasteiger partial charge in [-0.25, -0.2) is 18.2 Å². The van der Waals surface area contributed by atoms with Crippen molar-refractivity contribution in [3.8, 4) is 11.5 Å². The van der Waals surface area contributed by atoms with Crippen LogP contribution in [0, 0.1) is 5.92 Å². The molecule has 6 aliphatic rings. The number of amides is 4. The fraction of sp³-hybridized carbons (Fsp3) is 0.688. The number of halogens is 3. The van der Waals surface area contributed by atoms with E-state index in [-0.39, 0.29) is 55.8 Å². The van der Waals surface area contributed by atoms with Crippen molar-refractivity contribution in [2.24, 2.45) is 5.92 Å². The van der Waals surface area contributed by atoms with Crippen LogP contribution in [0.3, 0.4) is 0 Å². The maximum absolute atomic E-state index is 15.1. The Balaban J connectivity index is 1.13. The number of nitrogens with one attached hydrogen (secondary N) is 3. The molecule has 1 spiro atoms. The van der Waals surface area contributed by atoms with E-state index in [4.69, 9.17) is 18.9 Å². The first-order chi connectivity index (χ1) is 32.0. The van der Waals surface area contributed by atoms with Gasteiger partial charge in [0.25, 0.3) is 5.91 Å². The number of benzene rings is 1. The number of aromatic nitrogens is 1. The van der Waals surface area contributed by atoms with Gasteiger partial charge in [-0.3, -0.25) is 24.0 Å². The summed E-state index contributed by atoms with van der Waals surface area (Å²) in [6.45, 7) is 11.7. The first-order valence-electron chi connectivity index (χ1n) is 24.1. The van der Waals surface area contributed by atoms with Crippen molar-refractivity contribution in [1.82, 2.24) is 30.1 Å². The Hall–Kier alpha value is -4.69. The molecule has 6 unspecified atom stereocenters. The molecular formula is C48H65F3N6O10S. The largest absolute Gasteiger partial charge is 0.494 e. The number of hydrogen-bond donors (Lipinski definition) is 3. The summed E-state index contributed by atoms with van der Waals surface area (Å²) in [6, 6.07) is 2.38. The minimum absolute atomic E-state index is 0.0563. The van der Waals surface area contributed by atoms with Gasteiger partial charge in [0.15, 0.2) is 11.4 Å². The number of alkyl carbamates (subject to hydrolysis) is 1. The lowest BCUT2D eigenvalue weighted by Crippen LogP contribution is -2.70. The Bertz CT molecular complexity index is 2420. The average Bonchev–Trinajstić information content (AvgIpc) is 3.93. The Morgan fingerprint density at radius 3 is 2.47 bits per heavy atom. The zero-order chi connectivity index (χ0) is 48.9. The maximum atomic E-state index is 15.1. The van der Waals surface area contributed by atoms with Gasteiger partial charge in [-0.15, -0.1) is 0 Å². The van der Waals surface area contributed by atoms with E-state index in [0.717, 1.165) is 13.1 Å². The summed E-state index contributed by atoms with van der Waals surface area (Å²) in [4.78, 5) is 65.1. The van der Waals surface area contributed by atoms with Crippen LogP contribution in [0.4, 0.5) is 18.0 Å². The number of hydrogen-bond acceptors (Lipinski definition) is 12. The highest BCUT2D eigenvalue weighted by atomic mass is 32.2. The van der Waals surface area contributed by atoms with E-state index in [9.17, 15) is 27.6 Å². The summed E-state index contributed by atoms with van der Waals surface area (Å²) in [6.07, 6.45) is 2.40. The minimum Gasteiger partial charge on any atom is -0.494 e. The maximum Gasteiger partial charge on any atom is 0.437 e. The van der Waals surface area contributed by atoms with Gasteiger partial charge in [-0.1, -0.05) is 25.0 Å². The van der Waals surface area contributed by atoms with Crippen molar-refractivity contribution >= 4 is 44.7 Å². The van der Waals surface area contributed by atoms with Crippen molar-refractivity contribution in [1.29, 1.82) is 0 Å². The fourth-order valence-corrected chi connectivity index (χ4v) is 11.5. The topological polar surface area (TPSA) is 195 Å². The fourth-order valence-electron chi connectivity index (χ4n) is 10.2. The van der Waals surface area contributed by atoms with E-state index in [1.165, 1.54) is 11.0 Å². The lowest BCUT2D eigenvalue weighted by Gasteiger charge is -2.48. The molecule has 4 amide bonds. The molecule has 6 atom stereocenters. The average molecular weight is 975 g/mol. The van der Waals surface area contributed by atoms with Crippen LogP contribution in [0.2, 0.25) is 0 Å². The van der Waals surface area contributed by atoms with Crippen LogP contribution in [0.1, 0.15) is 123 Å². The van der Waals surface area contributed by atoms with Crippen LogP contribution in [0.5, 0.6) is 11.5 Å².